The molecule has 0 atom stereocenters. The van der Waals surface area contributed by atoms with Gasteiger partial charge in [-0.15, -0.1) is 0 Å². The molecule has 164 valence electrons. The van der Waals surface area contributed by atoms with Crippen molar-refractivity contribution < 1.29 is 16.8 Å². The van der Waals surface area contributed by atoms with E-state index in [0.29, 0.717) is 6.42 Å². The zero-order valence-corrected chi connectivity index (χ0v) is 19.0. The lowest BCUT2D eigenvalue weighted by Crippen LogP contribution is -2.27. The van der Waals surface area contributed by atoms with E-state index in [1.165, 1.54) is 44.9 Å². The second-order valence-electron chi connectivity index (χ2n) is 7.43. The third-order valence-electron chi connectivity index (χ3n) is 4.65. The van der Waals surface area contributed by atoms with E-state index in [1.807, 2.05) is 0 Å². The van der Waals surface area contributed by atoms with Gasteiger partial charge in [0.2, 0.25) is 0 Å². The van der Waals surface area contributed by atoms with Gasteiger partial charge in [0.1, 0.15) is 0 Å². The first-order valence-electron chi connectivity index (χ1n) is 11.3. The Balaban J connectivity index is 3.55. The lowest BCUT2D eigenvalue weighted by Gasteiger charge is -2.20. The summed E-state index contributed by atoms with van der Waals surface area (Å²) in [5.74, 6) is 0. The Labute approximate surface area is 169 Å². The van der Waals surface area contributed by atoms with Gasteiger partial charge in [0, 0.05) is 6.54 Å². The summed E-state index contributed by atoms with van der Waals surface area (Å²) in [6.45, 7) is 9.96. The Kier molecular flexibility index (Phi) is 19.0. The van der Waals surface area contributed by atoms with Gasteiger partial charge in [-0.3, -0.25) is 0 Å². The van der Waals surface area contributed by atoms with Gasteiger partial charge in [-0.1, -0.05) is 78.6 Å². The Morgan fingerprint density at radius 1 is 0.556 bits per heavy atom. The fourth-order valence-corrected chi connectivity index (χ4v) is 3.91. The normalized spacial score (nSPS) is 12.1. The zero-order valence-electron chi connectivity index (χ0n) is 18.2. The molecular weight excluding hydrogens is 362 g/mol. The van der Waals surface area contributed by atoms with Gasteiger partial charge in [-0.2, -0.15) is 8.42 Å². The number of rotatable bonds is 21. The molecule has 0 radical (unpaired) electrons. The first-order chi connectivity index (χ1) is 13.1. The highest BCUT2D eigenvalue weighted by Gasteiger charge is 2.12. The molecule has 0 N–H and O–H groups in total. The van der Waals surface area contributed by atoms with E-state index >= 15 is 0 Å². The highest BCUT2D eigenvalue weighted by molar-refractivity contribution is 7.81. The standard InChI is InChI=1S/C21H45NO4S/c1-4-7-8-9-10-11-12-13-14-15-20-25-27(23,24)26-21-16-19-22(17-5-2)18-6-3/h4-21H2,1-3H3. The predicted octanol–water partition coefficient (Wildman–Crippen LogP) is 5.70. The Hall–Kier alpha value is -0.170. The largest absolute Gasteiger partial charge is 0.399 e. The lowest BCUT2D eigenvalue weighted by molar-refractivity contribution is 0.193. The maximum absolute atomic E-state index is 11.7. The minimum Gasteiger partial charge on any atom is -0.303 e. The smallest absolute Gasteiger partial charge is 0.303 e. The summed E-state index contributed by atoms with van der Waals surface area (Å²) < 4.78 is 33.3. The number of hydrogen-bond donors (Lipinski definition) is 0. The molecule has 0 amide bonds. The second kappa shape index (κ2) is 19.2. The fraction of sp³-hybridized carbons (Fsp3) is 1.00. The van der Waals surface area contributed by atoms with Crippen LogP contribution in [0, 0.1) is 0 Å². The summed E-state index contributed by atoms with van der Waals surface area (Å²) in [6.07, 6.45) is 15.1. The number of hydrogen-bond acceptors (Lipinski definition) is 5. The van der Waals surface area contributed by atoms with Crippen LogP contribution in [-0.4, -0.2) is 46.2 Å². The van der Waals surface area contributed by atoms with Crippen molar-refractivity contribution in [2.75, 3.05) is 32.8 Å². The molecule has 0 heterocycles. The van der Waals surface area contributed by atoms with Gasteiger partial charge in [0.05, 0.1) is 13.2 Å². The average Bonchev–Trinajstić information content (AvgIpc) is 2.63. The SMILES string of the molecule is CCCCCCCCCCCCOS(=O)(=O)OCCCN(CCC)CCC. The maximum atomic E-state index is 11.7. The summed E-state index contributed by atoms with van der Waals surface area (Å²) in [6, 6.07) is 0. The topological polar surface area (TPSA) is 55.8 Å². The summed E-state index contributed by atoms with van der Waals surface area (Å²) in [5, 5.41) is 0. The molecule has 0 unspecified atom stereocenters. The molecule has 0 aromatic carbocycles. The molecule has 0 saturated carbocycles. The molecule has 0 aromatic heterocycles. The van der Waals surface area contributed by atoms with Gasteiger partial charge in [-0.05, 0) is 38.8 Å². The molecule has 0 aliphatic heterocycles. The van der Waals surface area contributed by atoms with Crippen LogP contribution in [0.2, 0.25) is 0 Å². The van der Waals surface area contributed by atoms with Crippen LogP contribution in [0.25, 0.3) is 0 Å². The van der Waals surface area contributed by atoms with Crippen LogP contribution in [0.1, 0.15) is 104 Å². The second-order valence-corrected chi connectivity index (χ2v) is 8.72. The van der Waals surface area contributed by atoms with Gasteiger partial charge in [0.25, 0.3) is 0 Å². The Morgan fingerprint density at radius 2 is 1.00 bits per heavy atom. The number of unbranched alkanes of at least 4 members (excludes halogenated alkanes) is 9. The van der Waals surface area contributed by atoms with Crippen molar-refractivity contribution in [2.24, 2.45) is 0 Å². The molecule has 5 nitrogen and oxygen atoms in total. The third-order valence-corrected chi connectivity index (χ3v) is 5.56. The molecule has 0 saturated heterocycles. The van der Waals surface area contributed by atoms with E-state index in [2.05, 4.69) is 25.7 Å². The Morgan fingerprint density at radius 3 is 1.48 bits per heavy atom. The molecule has 0 fully saturated rings. The first kappa shape index (κ1) is 26.8. The summed E-state index contributed by atoms with van der Waals surface area (Å²) in [7, 11) is -3.83. The third kappa shape index (κ3) is 18.9. The monoisotopic (exact) mass is 407 g/mol. The van der Waals surface area contributed by atoms with Crippen LogP contribution >= 0.6 is 0 Å². The zero-order chi connectivity index (χ0) is 20.2. The Bertz CT molecular complexity index is 395. The first-order valence-corrected chi connectivity index (χ1v) is 12.6. The predicted molar refractivity (Wildman–Crippen MR) is 114 cm³/mol. The van der Waals surface area contributed by atoms with Crippen molar-refractivity contribution in [3.63, 3.8) is 0 Å². The molecule has 0 bridgehead atoms. The highest BCUT2D eigenvalue weighted by Crippen LogP contribution is 2.11. The fourth-order valence-electron chi connectivity index (χ4n) is 3.20. The van der Waals surface area contributed by atoms with Crippen molar-refractivity contribution in [1.29, 1.82) is 0 Å². The lowest BCUT2D eigenvalue weighted by atomic mass is 10.1. The minimum atomic E-state index is -3.83. The van der Waals surface area contributed by atoms with Gasteiger partial charge >= 0.3 is 10.4 Å². The van der Waals surface area contributed by atoms with Crippen molar-refractivity contribution in [1.82, 2.24) is 4.90 Å². The molecule has 0 aliphatic carbocycles. The molecule has 0 aromatic rings. The van der Waals surface area contributed by atoms with Crippen molar-refractivity contribution in [3.05, 3.63) is 0 Å². The maximum Gasteiger partial charge on any atom is 0.399 e. The van der Waals surface area contributed by atoms with Crippen LogP contribution in [0.5, 0.6) is 0 Å². The quantitative estimate of drug-likeness (QED) is 0.229. The van der Waals surface area contributed by atoms with E-state index in [4.69, 9.17) is 8.37 Å². The van der Waals surface area contributed by atoms with E-state index in [1.54, 1.807) is 0 Å². The van der Waals surface area contributed by atoms with Crippen molar-refractivity contribution in [2.45, 2.75) is 104 Å². The van der Waals surface area contributed by atoms with Gasteiger partial charge < -0.3 is 4.90 Å². The molecule has 0 spiro atoms. The van der Waals surface area contributed by atoms with E-state index < -0.39 is 10.4 Å². The van der Waals surface area contributed by atoms with Crippen molar-refractivity contribution >= 4 is 10.4 Å². The molecule has 6 heteroatoms. The van der Waals surface area contributed by atoms with Crippen molar-refractivity contribution in [3.8, 4) is 0 Å². The van der Waals surface area contributed by atoms with Crippen LogP contribution < -0.4 is 0 Å². The van der Waals surface area contributed by atoms with Crippen LogP contribution in [0.4, 0.5) is 0 Å². The molecule has 0 aliphatic rings. The molecule has 27 heavy (non-hydrogen) atoms. The van der Waals surface area contributed by atoms with Crippen LogP contribution in [-0.2, 0) is 18.8 Å². The number of nitrogens with zero attached hydrogens (tertiary/aromatic N) is 1. The van der Waals surface area contributed by atoms with E-state index in [-0.39, 0.29) is 13.2 Å². The van der Waals surface area contributed by atoms with E-state index in [9.17, 15) is 8.42 Å². The summed E-state index contributed by atoms with van der Waals surface area (Å²) >= 11 is 0. The van der Waals surface area contributed by atoms with Crippen LogP contribution in [0.3, 0.4) is 0 Å². The van der Waals surface area contributed by atoms with Gasteiger partial charge in [-0.25, -0.2) is 8.37 Å². The average molecular weight is 408 g/mol. The summed E-state index contributed by atoms with van der Waals surface area (Å²) in [5.41, 5.74) is 0. The van der Waals surface area contributed by atoms with Crippen LogP contribution in [0.15, 0.2) is 0 Å². The summed E-state index contributed by atoms with van der Waals surface area (Å²) in [4.78, 5) is 2.35. The minimum absolute atomic E-state index is 0.199. The van der Waals surface area contributed by atoms with E-state index in [0.717, 1.165) is 51.7 Å². The highest BCUT2D eigenvalue weighted by atomic mass is 32.3. The molecular formula is C21H45NO4S. The molecule has 0 rings (SSSR count). The van der Waals surface area contributed by atoms with Gasteiger partial charge in [0.15, 0.2) is 0 Å².